The Morgan fingerprint density at radius 3 is 2.85 bits per heavy atom. The molecule has 140 valence electrons. The van der Waals surface area contributed by atoms with Crippen LogP contribution in [0.15, 0.2) is 39.9 Å². The summed E-state index contributed by atoms with van der Waals surface area (Å²) in [5, 5.41) is 7.59. The molecule has 1 aliphatic rings. The maximum atomic E-state index is 13.0. The molecule has 5 nitrogen and oxygen atoms in total. The van der Waals surface area contributed by atoms with E-state index in [2.05, 4.69) is 26.9 Å². The van der Waals surface area contributed by atoms with E-state index in [9.17, 15) is 4.39 Å². The smallest absolute Gasteiger partial charge is 0.226 e. The number of thioether (sulfide) groups is 1. The van der Waals surface area contributed by atoms with E-state index in [4.69, 9.17) is 4.42 Å². The minimum absolute atomic E-state index is 0.269. The van der Waals surface area contributed by atoms with Crippen molar-refractivity contribution in [1.29, 1.82) is 0 Å². The second-order valence-corrected chi connectivity index (χ2v) is 7.55. The largest absolute Gasteiger partial charge is 0.444 e. The fourth-order valence-electron chi connectivity index (χ4n) is 3.13. The van der Waals surface area contributed by atoms with Gasteiger partial charge in [0.05, 0.1) is 5.69 Å². The van der Waals surface area contributed by atoms with Gasteiger partial charge in [0, 0.05) is 36.9 Å². The molecule has 1 aromatic heterocycles. The SMILES string of the molecule is CN=C(NCCc1coc(-c2ccc(F)cc2)n1)NC1CCC(SC)C1. The highest BCUT2D eigenvalue weighted by Gasteiger charge is 2.24. The summed E-state index contributed by atoms with van der Waals surface area (Å²) in [5.74, 6) is 1.07. The number of guanidine groups is 1. The first kappa shape index (κ1) is 18.8. The number of benzene rings is 1. The molecule has 0 radical (unpaired) electrons. The molecule has 2 atom stereocenters. The van der Waals surface area contributed by atoms with Crippen LogP contribution in [0.2, 0.25) is 0 Å². The van der Waals surface area contributed by atoms with Crippen molar-refractivity contribution in [2.45, 2.75) is 37.0 Å². The highest BCUT2D eigenvalue weighted by atomic mass is 32.2. The van der Waals surface area contributed by atoms with Crippen LogP contribution in [0, 0.1) is 5.82 Å². The summed E-state index contributed by atoms with van der Waals surface area (Å²) in [5.41, 5.74) is 1.63. The summed E-state index contributed by atoms with van der Waals surface area (Å²) in [6, 6.07) is 6.63. The normalized spacial score (nSPS) is 20.3. The molecule has 1 saturated carbocycles. The predicted molar refractivity (Wildman–Crippen MR) is 105 cm³/mol. The van der Waals surface area contributed by atoms with Gasteiger partial charge in [-0.25, -0.2) is 9.37 Å². The average Bonchev–Trinajstić information content (AvgIpc) is 3.31. The number of aliphatic imine (C=N–C) groups is 1. The molecule has 26 heavy (non-hydrogen) atoms. The lowest BCUT2D eigenvalue weighted by atomic mass is 10.2. The third kappa shape index (κ3) is 5.00. The van der Waals surface area contributed by atoms with Crippen LogP contribution in [0.25, 0.3) is 11.5 Å². The second kappa shape index (κ2) is 9.07. The molecule has 0 amide bonds. The lowest BCUT2D eigenvalue weighted by Crippen LogP contribution is -2.43. The van der Waals surface area contributed by atoms with Gasteiger partial charge in [0.25, 0.3) is 0 Å². The van der Waals surface area contributed by atoms with Crippen molar-refractivity contribution in [2.24, 2.45) is 4.99 Å². The third-order valence-corrected chi connectivity index (χ3v) is 5.69. The maximum absolute atomic E-state index is 13.0. The van der Waals surface area contributed by atoms with Gasteiger partial charge in [-0.2, -0.15) is 11.8 Å². The summed E-state index contributed by atoms with van der Waals surface area (Å²) in [7, 11) is 1.79. The van der Waals surface area contributed by atoms with E-state index in [1.807, 2.05) is 11.8 Å². The van der Waals surface area contributed by atoms with Crippen LogP contribution < -0.4 is 10.6 Å². The van der Waals surface area contributed by atoms with Gasteiger partial charge in [-0.15, -0.1) is 0 Å². The summed E-state index contributed by atoms with van der Waals surface area (Å²) in [4.78, 5) is 8.77. The summed E-state index contributed by atoms with van der Waals surface area (Å²) < 4.78 is 18.5. The second-order valence-electron chi connectivity index (χ2n) is 6.41. The van der Waals surface area contributed by atoms with E-state index < -0.39 is 0 Å². The third-order valence-electron chi connectivity index (χ3n) is 4.60. The molecule has 0 saturated heterocycles. The standard InChI is InChI=1S/C19H25FN4OS/c1-21-19(24-15-7-8-17(11-15)26-2)22-10-9-16-12-25-18(23-16)13-3-5-14(20)6-4-13/h3-6,12,15,17H,7-11H2,1-2H3,(H2,21,22,24). The number of oxazole rings is 1. The molecule has 0 bridgehead atoms. The lowest BCUT2D eigenvalue weighted by Gasteiger charge is -2.17. The number of hydrogen-bond acceptors (Lipinski definition) is 4. The molecule has 3 rings (SSSR count). The number of nitrogens with one attached hydrogen (secondary N) is 2. The molecule has 2 aromatic rings. The van der Waals surface area contributed by atoms with Gasteiger partial charge < -0.3 is 15.1 Å². The Labute approximate surface area is 157 Å². The van der Waals surface area contributed by atoms with Gasteiger partial charge in [0.1, 0.15) is 12.1 Å². The number of aromatic nitrogens is 1. The molecule has 1 aromatic carbocycles. The molecule has 1 fully saturated rings. The number of rotatable bonds is 6. The van der Waals surface area contributed by atoms with Crippen molar-refractivity contribution in [2.75, 3.05) is 19.8 Å². The highest BCUT2D eigenvalue weighted by molar-refractivity contribution is 7.99. The van der Waals surface area contributed by atoms with E-state index in [1.54, 1.807) is 25.4 Å². The van der Waals surface area contributed by atoms with Gasteiger partial charge in [-0.3, -0.25) is 4.99 Å². The van der Waals surface area contributed by atoms with Crippen molar-refractivity contribution < 1.29 is 8.81 Å². The van der Waals surface area contributed by atoms with E-state index in [0.717, 1.165) is 28.9 Å². The fraction of sp³-hybridized carbons (Fsp3) is 0.474. The van der Waals surface area contributed by atoms with Crippen LogP contribution in [0.4, 0.5) is 4.39 Å². The minimum Gasteiger partial charge on any atom is -0.444 e. The van der Waals surface area contributed by atoms with E-state index in [1.165, 1.54) is 31.4 Å². The Morgan fingerprint density at radius 1 is 1.35 bits per heavy atom. The molecule has 2 N–H and O–H groups in total. The Hall–Kier alpha value is -2.02. The van der Waals surface area contributed by atoms with Crippen LogP contribution in [-0.4, -0.2) is 42.1 Å². The van der Waals surface area contributed by atoms with Crippen LogP contribution in [0.1, 0.15) is 25.0 Å². The number of hydrogen-bond donors (Lipinski definition) is 2. The Morgan fingerprint density at radius 2 is 2.15 bits per heavy atom. The van der Waals surface area contributed by atoms with E-state index in [0.29, 0.717) is 18.5 Å². The summed E-state index contributed by atoms with van der Waals surface area (Å²) in [6.45, 7) is 0.716. The van der Waals surface area contributed by atoms with Crippen LogP contribution in [-0.2, 0) is 6.42 Å². The summed E-state index contributed by atoms with van der Waals surface area (Å²) in [6.07, 6.45) is 8.20. The molecular weight excluding hydrogens is 351 g/mol. The average molecular weight is 377 g/mol. The fourth-order valence-corrected chi connectivity index (χ4v) is 3.93. The first-order valence-corrected chi connectivity index (χ1v) is 10.2. The molecule has 0 aliphatic heterocycles. The number of nitrogens with zero attached hydrogens (tertiary/aromatic N) is 2. The van der Waals surface area contributed by atoms with Crippen molar-refractivity contribution in [3.05, 3.63) is 42.0 Å². The monoisotopic (exact) mass is 376 g/mol. The first-order chi connectivity index (χ1) is 12.7. The lowest BCUT2D eigenvalue weighted by molar-refractivity contribution is 0.571. The zero-order chi connectivity index (χ0) is 18.4. The molecule has 1 heterocycles. The molecule has 0 spiro atoms. The van der Waals surface area contributed by atoms with E-state index >= 15 is 0 Å². The van der Waals surface area contributed by atoms with Gasteiger partial charge in [-0.1, -0.05) is 0 Å². The van der Waals surface area contributed by atoms with Crippen molar-refractivity contribution >= 4 is 17.7 Å². The first-order valence-electron chi connectivity index (χ1n) is 8.88. The Bertz CT molecular complexity index is 731. The highest BCUT2D eigenvalue weighted by Crippen LogP contribution is 2.28. The predicted octanol–water partition coefficient (Wildman–Crippen LogP) is 3.47. The van der Waals surface area contributed by atoms with Crippen molar-refractivity contribution in [1.82, 2.24) is 15.6 Å². The van der Waals surface area contributed by atoms with Gasteiger partial charge >= 0.3 is 0 Å². The van der Waals surface area contributed by atoms with Gasteiger partial charge in [0.15, 0.2) is 5.96 Å². The maximum Gasteiger partial charge on any atom is 0.226 e. The Balaban J connectivity index is 1.46. The van der Waals surface area contributed by atoms with Crippen molar-refractivity contribution in [3.8, 4) is 11.5 Å². The minimum atomic E-state index is -0.269. The molecule has 1 aliphatic carbocycles. The van der Waals surface area contributed by atoms with Gasteiger partial charge in [-0.05, 0) is 49.8 Å². The molecule has 7 heteroatoms. The summed E-state index contributed by atoms with van der Waals surface area (Å²) >= 11 is 1.95. The molecular formula is C19H25FN4OS. The zero-order valence-corrected chi connectivity index (χ0v) is 16.0. The van der Waals surface area contributed by atoms with Crippen LogP contribution in [0.5, 0.6) is 0 Å². The van der Waals surface area contributed by atoms with Crippen LogP contribution in [0.3, 0.4) is 0 Å². The zero-order valence-electron chi connectivity index (χ0n) is 15.2. The Kier molecular flexibility index (Phi) is 6.55. The molecule has 2 unspecified atom stereocenters. The van der Waals surface area contributed by atoms with Gasteiger partial charge in [0.2, 0.25) is 5.89 Å². The van der Waals surface area contributed by atoms with E-state index in [-0.39, 0.29) is 5.82 Å². The quantitative estimate of drug-likeness (QED) is 0.597. The van der Waals surface area contributed by atoms with Crippen LogP contribution >= 0.6 is 11.8 Å². The number of halogens is 1. The topological polar surface area (TPSA) is 62.5 Å². The van der Waals surface area contributed by atoms with Crippen molar-refractivity contribution in [3.63, 3.8) is 0 Å².